The summed E-state index contributed by atoms with van der Waals surface area (Å²) in [4.78, 5) is 11.4. The highest BCUT2D eigenvalue weighted by Gasteiger charge is 2.51. The van der Waals surface area contributed by atoms with Crippen molar-refractivity contribution in [3.05, 3.63) is 0 Å². The van der Waals surface area contributed by atoms with Crippen LogP contribution in [-0.2, 0) is 4.79 Å². The topological polar surface area (TPSA) is 37.3 Å². The summed E-state index contributed by atoms with van der Waals surface area (Å²) < 4.78 is 0. The first-order valence-corrected chi connectivity index (χ1v) is 4.49. The molecule has 0 aromatic heterocycles. The Morgan fingerprint density at radius 1 is 1.33 bits per heavy atom. The molecule has 0 unspecified atom stereocenters. The smallest absolute Gasteiger partial charge is 0.136 e. The average molecular weight is 170 g/mol. The van der Waals surface area contributed by atoms with Gasteiger partial charge in [-0.3, -0.25) is 4.79 Å². The van der Waals surface area contributed by atoms with Crippen LogP contribution in [0.3, 0.4) is 0 Å². The van der Waals surface area contributed by atoms with E-state index >= 15 is 0 Å². The Kier molecular flexibility index (Phi) is 2.07. The maximum Gasteiger partial charge on any atom is 0.136 e. The lowest BCUT2D eigenvalue weighted by Gasteiger charge is -2.35. The first-order chi connectivity index (χ1) is 5.29. The lowest BCUT2D eigenvalue weighted by Crippen LogP contribution is -2.36. The maximum absolute atomic E-state index is 11.4. The average Bonchev–Trinajstić information content (AvgIpc) is 2.02. The molecule has 0 radical (unpaired) electrons. The highest BCUT2D eigenvalue weighted by Crippen LogP contribution is 2.52. The number of hydrogen-bond acceptors (Lipinski definition) is 2. The molecule has 1 saturated carbocycles. The molecular formula is C10H18O2. The summed E-state index contributed by atoms with van der Waals surface area (Å²) >= 11 is 0. The van der Waals surface area contributed by atoms with E-state index in [1.807, 2.05) is 6.92 Å². The van der Waals surface area contributed by atoms with Crippen molar-refractivity contribution in [1.29, 1.82) is 0 Å². The Morgan fingerprint density at radius 3 is 2.00 bits per heavy atom. The molecular weight excluding hydrogens is 152 g/mol. The van der Waals surface area contributed by atoms with Crippen LogP contribution >= 0.6 is 0 Å². The molecule has 0 aliphatic heterocycles. The molecule has 1 rings (SSSR count). The van der Waals surface area contributed by atoms with Crippen LogP contribution in [0.4, 0.5) is 0 Å². The number of carbonyl (C=O) groups excluding carboxylic acids is 1. The Balaban J connectivity index is 2.98. The van der Waals surface area contributed by atoms with Crippen LogP contribution in [0.2, 0.25) is 0 Å². The third-order valence-corrected chi connectivity index (χ3v) is 3.66. The van der Waals surface area contributed by atoms with E-state index in [0.717, 1.165) is 6.42 Å². The Morgan fingerprint density at radius 2 is 1.83 bits per heavy atom. The second-order valence-electron chi connectivity index (χ2n) is 4.83. The van der Waals surface area contributed by atoms with E-state index in [-0.39, 0.29) is 22.7 Å². The minimum absolute atomic E-state index is 0.0573. The number of rotatable bonds is 1. The van der Waals surface area contributed by atoms with E-state index in [1.165, 1.54) is 0 Å². The molecule has 1 aliphatic carbocycles. The number of ketones is 1. The number of aliphatic hydroxyl groups excluding tert-OH is 1. The standard InChI is InChI=1S/C10H18O2/c1-7(11)10(4)6-8(12)5-9(10,2)3/h8,12H,5-6H2,1-4H3/t8-,10+/m1/s1. The van der Waals surface area contributed by atoms with E-state index in [1.54, 1.807) is 6.92 Å². The van der Waals surface area contributed by atoms with Gasteiger partial charge in [-0.15, -0.1) is 0 Å². The van der Waals surface area contributed by atoms with Gasteiger partial charge in [-0.25, -0.2) is 0 Å². The molecule has 1 fully saturated rings. The van der Waals surface area contributed by atoms with Crippen LogP contribution in [0.15, 0.2) is 0 Å². The molecule has 0 aromatic carbocycles. The third kappa shape index (κ3) is 1.18. The minimum atomic E-state index is -0.327. The molecule has 0 heterocycles. The van der Waals surface area contributed by atoms with Crippen molar-refractivity contribution >= 4 is 5.78 Å². The van der Waals surface area contributed by atoms with Gasteiger partial charge in [0, 0.05) is 5.41 Å². The summed E-state index contributed by atoms with van der Waals surface area (Å²) in [6.45, 7) is 7.71. The minimum Gasteiger partial charge on any atom is -0.393 e. The fraction of sp³-hybridized carbons (Fsp3) is 0.900. The quantitative estimate of drug-likeness (QED) is 0.651. The lowest BCUT2D eigenvalue weighted by molar-refractivity contribution is -0.130. The molecule has 2 heteroatoms. The fourth-order valence-electron chi connectivity index (χ4n) is 2.25. The highest BCUT2D eigenvalue weighted by atomic mass is 16.3. The Hall–Kier alpha value is -0.370. The number of carbonyl (C=O) groups is 1. The predicted octanol–water partition coefficient (Wildman–Crippen LogP) is 1.76. The molecule has 1 aliphatic rings. The molecule has 0 aromatic rings. The number of aliphatic hydroxyl groups is 1. The SMILES string of the molecule is CC(=O)[C@]1(C)C[C@H](O)CC1(C)C. The van der Waals surface area contributed by atoms with Crippen LogP contribution in [-0.4, -0.2) is 17.0 Å². The van der Waals surface area contributed by atoms with Crippen LogP contribution < -0.4 is 0 Å². The summed E-state index contributed by atoms with van der Waals surface area (Å²) in [6, 6.07) is 0. The third-order valence-electron chi connectivity index (χ3n) is 3.66. The van der Waals surface area contributed by atoms with Gasteiger partial charge in [0.25, 0.3) is 0 Å². The van der Waals surface area contributed by atoms with Gasteiger partial charge in [-0.05, 0) is 25.2 Å². The highest BCUT2D eigenvalue weighted by molar-refractivity contribution is 5.83. The van der Waals surface area contributed by atoms with Crippen molar-refractivity contribution in [2.24, 2.45) is 10.8 Å². The van der Waals surface area contributed by atoms with E-state index in [2.05, 4.69) is 13.8 Å². The zero-order chi connectivity index (χ0) is 9.57. The predicted molar refractivity (Wildman–Crippen MR) is 47.8 cm³/mol. The first-order valence-electron chi connectivity index (χ1n) is 4.49. The summed E-state index contributed by atoms with van der Waals surface area (Å²) in [5, 5.41) is 9.50. The molecule has 1 N–H and O–H groups in total. The van der Waals surface area contributed by atoms with Crippen LogP contribution in [0.1, 0.15) is 40.5 Å². The van der Waals surface area contributed by atoms with Gasteiger partial charge in [0.1, 0.15) is 5.78 Å². The van der Waals surface area contributed by atoms with Gasteiger partial charge in [0.2, 0.25) is 0 Å². The van der Waals surface area contributed by atoms with Crippen LogP contribution in [0.25, 0.3) is 0 Å². The summed E-state index contributed by atoms with van der Waals surface area (Å²) in [5.41, 5.74) is -0.384. The zero-order valence-corrected chi connectivity index (χ0v) is 8.35. The largest absolute Gasteiger partial charge is 0.393 e. The van der Waals surface area contributed by atoms with Crippen molar-refractivity contribution in [1.82, 2.24) is 0 Å². The second kappa shape index (κ2) is 2.56. The van der Waals surface area contributed by atoms with E-state index in [0.29, 0.717) is 6.42 Å². The van der Waals surface area contributed by atoms with E-state index < -0.39 is 0 Å². The van der Waals surface area contributed by atoms with Gasteiger partial charge in [-0.2, -0.15) is 0 Å². The van der Waals surface area contributed by atoms with Crippen molar-refractivity contribution in [3.63, 3.8) is 0 Å². The van der Waals surface area contributed by atoms with Crippen molar-refractivity contribution in [3.8, 4) is 0 Å². The monoisotopic (exact) mass is 170 g/mol. The molecule has 2 atom stereocenters. The molecule has 0 saturated heterocycles. The van der Waals surface area contributed by atoms with Crippen molar-refractivity contribution < 1.29 is 9.90 Å². The molecule has 0 bridgehead atoms. The van der Waals surface area contributed by atoms with Gasteiger partial charge >= 0.3 is 0 Å². The summed E-state index contributed by atoms with van der Waals surface area (Å²) in [7, 11) is 0. The Labute approximate surface area is 74.0 Å². The summed E-state index contributed by atoms with van der Waals surface area (Å²) in [6.07, 6.45) is 1.06. The fourth-order valence-corrected chi connectivity index (χ4v) is 2.25. The Bertz CT molecular complexity index is 208. The molecule has 0 spiro atoms. The van der Waals surface area contributed by atoms with Gasteiger partial charge < -0.3 is 5.11 Å². The summed E-state index contributed by atoms with van der Waals surface area (Å²) in [5.74, 6) is 0.198. The molecule has 12 heavy (non-hydrogen) atoms. The maximum atomic E-state index is 11.4. The van der Waals surface area contributed by atoms with Crippen LogP contribution in [0.5, 0.6) is 0 Å². The van der Waals surface area contributed by atoms with Crippen molar-refractivity contribution in [2.45, 2.75) is 46.6 Å². The number of hydrogen-bond donors (Lipinski definition) is 1. The van der Waals surface area contributed by atoms with E-state index in [9.17, 15) is 9.90 Å². The zero-order valence-electron chi connectivity index (χ0n) is 8.35. The van der Waals surface area contributed by atoms with Crippen molar-refractivity contribution in [2.75, 3.05) is 0 Å². The normalized spacial score (nSPS) is 39.9. The molecule has 0 amide bonds. The molecule has 2 nitrogen and oxygen atoms in total. The first kappa shape index (κ1) is 9.72. The van der Waals surface area contributed by atoms with Gasteiger partial charge in [0.15, 0.2) is 0 Å². The lowest BCUT2D eigenvalue weighted by atomic mass is 9.67. The number of Topliss-reactive ketones (excluding diaryl/α,β-unsaturated/α-hetero) is 1. The van der Waals surface area contributed by atoms with E-state index in [4.69, 9.17) is 0 Å². The second-order valence-corrected chi connectivity index (χ2v) is 4.83. The van der Waals surface area contributed by atoms with Gasteiger partial charge in [0.05, 0.1) is 6.10 Å². The van der Waals surface area contributed by atoms with Gasteiger partial charge in [-0.1, -0.05) is 20.8 Å². The van der Waals surface area contributed by atoms with Crippen LogP contribution in [0, 0.1) is 10.8 Å². The molecule has 70 valence electrons.